The summed E-state index contributed by atoms with van der Waals surface area (Å²) < 4.78 is 31.8. The van der Waals surface area contributed by atoms with Gasteiger partial charge in [0.2, 0.25) is 0 Å². The number of fused-ring (bicyclic) bond motifs is 1. The fraction of sp³-hybridized carbons (Fsp3) is 0.0952. The van der Waals surface area contributed by atoms with E-state index in [1.165, 1.54) is 30.7 Å². The Bertz CT molecular complexity index is 1120. The molecular formula is C21H16F2N4O. The minimum absolute atomic E-state index is 0.297. The van der Waals surface area contributed by atoms with E-state index < -0.39 is 0 Å². The first kappa shape index (κ1) is 17.8. The van der Waals surface area contributed by atoms with Gasteiger partial charge in [0.05, 0.1) is 25.5 Å². The van der Waals surface area contributed by atoms with Crippen molar-refractivity contribution in [3.63, 3.8) is 0 Å². The van der Waals surface area contributed by atoms with Gasteiger partial charge in [-0.05, 0) is 47.5 Å². The third-order valence-electron chi connectivity index (χ3n) is 4.33. The Hall–Kier alpha value is -3.61. The van der Waals surface area contributed by atoms with Gasteiger partial charge < -0.3 is 10.1 Å². The Balaban J connectivity index is 1.75. The van der Waals surface area contributed by atoms with Crippen LogP contribution in [0.2, 0.25) is 0 Å². The summed E-state index contributed by atoms with van der Waals surface area (Å²) in [6.07, 6.45) is 2.62. The molecule has 7 heteroatoms. The number of methoxy groups -OCH3 is 1. The molecular weight excluding hydrogens is 362 g/mol. The quantitative estimate of drug-likeness (QED) is 0.550. The molecule has 2 aromatic heterocycles. The van der Waals surface area contributed by atoms with Crippen LogP contribution in [0, 0.1) is 11.6 Å². The Morgan fingerprint density at radius 2 is 1.68 bits per heavy atom. The van der Waals surface area contributed by atoms with Crippen LogP contribution >= 0.6 is 0 Å². The van der Waals surface area contributed by atoms with E-state index in [9.17, 15) is 8.78 Å². The summed E-state index contributed by atoms with van der Waals surface area (Å²) in [5, 5.41) is 3.96. The first-order valence-corrected chi connectivity index (χ1v) is 8.57. The van der Waals surface area contributed by atoms with Crippen LogP contribution in [-0.4, -0.2) is 22.1 Å². The lowest BCUT2D eigenvalue weighted by molar-refractivity contribution is 0.419. The summed E-state index contributed by atoms with van der Waals surface area (Å²) in [7, 11) is 1.57. The zero-order valence-corrected chi connectivity index (χ0v) is 15.0. The molecule has 0 bridgehead atoms. The number of benzene rings is 2. The predicted molar refractivity (Wildman–Crippen MR) is 103 cm³/mol. The fourth-order valence-corrected chi connectivity index (χ4v) is 2.93. The lowest BCUT2D eigenvalue weighted by Crippen LogP contribution is -2.04. The van der Waals surface area contributed by atoms with Crippen LogP contribution in [0.1, 0.15) is 5.69 Å². The summed E-state index contributed by atoms with van der Waals surface area (Å²) in [4.78, 5) is 12.7. The van der Waals surface area contributed by atoms with Gasteiger partial charge in [0, 0.05) is 5.39 Å². The molecule has 0 aliphatic heterocycles. The van der Waals surface area contributed by atoms with Gasteiger partial charge in [-0.1, -0.05) is 12.1 Å². The van der Waals surface area contributed by atoms with Gasteiger partial charge in [-0.2, -0.15) is 0 Å². The molecule has 0 spiro atoms. The molecule has 4 aromatic rings. The average Bonchev–Trinajstić information content (AvgIpc) is 2.73. The van der Waals surface area contributed by atoms with Gasteiger partial charge in [-0.3, -0.25) is 4.98 Å². The fourth-order valence-electron chi connectivity index (χ4n) is 2.93. The highest BCUT2D eigenvalue weighted by Gasteiger charge is 2.12. The SMILES string of the molecule is COc1cc(-c2ccc(F)cc2)cc2c(NCc3ccc(F)cn3)ncnc12. The topological polar surface area (TPSA) is 59.9 Å². The van der Waals surface area contributed by atoms with E-state index in [0.29, 0.717) is 29.3 Å². The third-order valence-corrected chi connectivity index (χ3v) is 4.33. The molecule has 0 saturated carbocycles. The summed E-state index contributed by atoms with van der Waals surface area (Å²) in [5.41, 5.74) is 3.02. The molecule has 1 N–H and O–H groups in total. The monoisotopic (exact) mass is 378 g/mol. The molecule has 0 fully saturated rings. The number of rotatable bonds is 5. The van der Waals surface area contributed by atoms with Crippen LogP contribution in [0.4, 0.5) is 14.6 Å². The van der Waals surface area contributed by atoms with Crippen LogP contribution in [-0.2, 0) is 6.54 Å². The molecule has 0 atom stereocenters. The maximum atomic E-state index is 13.3. The number of anilines is 1. The first-order valence-electron chi connectivity index (χ1n) is 8.57. The maximum Gasteiger partial charge on any atom is 0.145 e. The van der Waals surface area contributed by atoms with E-state index in [4.69, 9.17) is 4.74 Å². The highest BCUT2D eigenvalue weighted by atomic mass is 19.1. The number of halogens is 2. The van der Waals surface area contributed by atoms with Crippen molar-refractivity contribution in [1.29, 1.82) is 0 Å². The minimum Gasteiger partial charge on any atom is -0.494 e. The Labute approximate surface area is 160 Å². The highest BCUT2D eigenvalue weighted by molar-refractivity contribution is 5.96. The normalized spacial score (nSPS) is 10.8. The largest absolute Gasteiger partial charge is 0.494 e. The molecule has 2 heterocycles. The van der Waals surface area contributed by atoms with Crippen molar-refractivity contribution >= 4 is 16.7 Å². The van der Waals surface area contributed by atoms with E-state index in [2.05, 4.69) is 20.3 Å². The van der Waals surface area contributed by atoms with Crippen molar-refractivity contribution in [1.82, 2.24) is 15.0 Å². The number of hydrogen-bond acceptors (Lipinski definition) is 5. The van der Waals surface area contributed by atoms with Crippen LogP contribution in [0.15, 0.2) is 61.1 Å². The number of nitrogens with zero attached hydrogens (tertiary/aromatic N) is 3. The lowest BCUT2D eigenvalue weighted by atomic mass is 10.0. The maximum absolute atomic E-state index is 13.3. The van der Waals surface area contributed by atoms with Crippen molar-refractivity contribution in [2.75, 3.05) is 12.4 Å². The molecule has 28 heavy (non-hydrogen) atoms. The van der Waals surface area contributed by atoms with Gasteiger partial charge in [0.25, 0.3) is 0 Å². The van der Waals surface area contributed by atoms with Crippen molar-refractivity contribution in [2.45, 2.75) is 6.54 Å². The molecule has 5 nitrogen and oxygen atoms in total. The zero-order chi connectivity index (χ0) is 19.5. The molecule has 0 unspecified atom stereocenters. The number of pyridine rings is 1. The Morgan fingerprint density at radius 3 is 2.39 bits per heavy atom. The van der Waals surface area contributed by atoms with E-state index in [1.54, 1.807) is 25.3 Å². The lowest BCUT2D eigenvalue weighted by Gasteiger charge is -2.12. The molecule has 0 radical (unpaired) electrons. The zero-order valence-electron chi connectivity index (χ0n) is 15.0. The van der Waals surface area contributed by atoms with Gasteiger partial charge in [-0.15, -0.1) is 0 Å². The van der Waals surface area contributed by atoms with Crippen molar-refractivity contribution < 1.29 is 13.5 Å². The van der Waals surface area contributed by atoms with Gasteiger partial charge in [0.1, 0.15) is 35.0 Å². The summed E-state index contributed by atoms with van der Waals surface area (Å²) in [6, 6.07) is 13.0. The average molecular weight is 378 g/mol. The molecule has 0 amide bonds. The second kappa shape index (κ2) is 7.56. The van der Waals surface area contributed by atoms with Crippen LogP contribution in [0.5, 0.6) is 5.75 Å². The second-order valence-electron chi connectivity index (χ2n) is 6.13. The summed E-state index contributed by atoms with van der Waals surface area (Å²) in [5.74, 6) is 0.500. The Kier molecular flexibility index (Phi) is 4.80. The van der Waals surface area contributed by atoms with Crippen molar-refractivity contribution in [3.05, 3.63) is 78.4 Å². The van der Waals surface area contributed by atoms with Gasteiger partial charge in [-0.25, -0.2) is 18.7 Å². The van der Waals surface area contributed by atoms with E-state index >= 15 is 0 Å². The van der Waals surface area contributed by atoms with Crippen molar-refractivity contribution in [3.8, 4) is 16.9 Å². The smallest absolute Gasteiger partial charge is 0.145 e. The molecule has 0 saturated heterocycles. The number of ether oxygens (including phenoxy) is 1. The van der Waals surface area contributed by atoms with Gasteiger partial charge >= 0.3 is 0 Å². The first-order chi connectivity index (χ1) is 13.6. The van der Waals surface area contributed by atoms with Crippen molar-refractivity contribution in [2.24, 2.45) is 0 Å². The molecule has 140 valence electrons. The number of hydrogen-bond donors (Lipinski definition) is 1. The number of aromatic nitrogens is 3. The summed E-state index contributed by atoms with van der Waals surface area (Å²) >= 11 is 0. The highest BCUT2D eigenvalue weighted by Crippen LogP contribution is 2.34. The van der Waals surface area contributed by atoms with Crippen LogP contribution in [0.25, 0.3) is 22.0 Å². The number of nitrogens with one attached hydrogen (secondary N) is 1. The molecule has 2 aromatic carbocycles. The van der Waals surface area contributed by atoms with Crippen LogP contribution in [0.3, 0.4) is 0 Å². The minimum atomic E-state index is -0.384. The predicted octanol–water partition coefficient (Wildman–Crippen LogP) is 4.59. The van der Waals surface area contributed by atoms with E-state index in [0.717, 1.165) is 16.5 Å². The molecule has 4 rings (SSSR count). The third kappa shape index (κ3) is 3.59. The van der Waals surface area contributed by atoms with Gasteiger partial charge in [0.15, 0.2) is 0 Å². The van der Waals surface area contributed by atoms with Crippen LogP contribution < -0.4 is 10.1 Å². The molecule has 0 aliphatic rings. The van der Waals surface area contributed by atoms with E-state index in [1.807, 2.05) is 12.1 Å². The second-order valence-corrected chi connectivity index (χ2v) is 6.13. The Morgan fingerprint density at radius 1 is 0.893 bits per heavy atom. The standard InChI is InChI=1S/C21H16F2N4O/c1-28-19-9-14(13-2-4-15(22)5-3-13)8-18-20(19)26-12-27-21(18)25-11-17-7-6-16(23)10-24-17/h2-10,12H,11H2,1H3,(H,25,26,27). The van der Waals surface area contributed by atoms with E-state index in [-0.39, 0.29) is 11.6 Å². The summed E-state index contributed by atoms with van der Waals surface area (Å²) in [6.45, 7) is 0.371. The molecule has 0 aliphatic carbocycles.